The van der Waals surface area contributed by atoms with Crippen LogP contribution in [0, 0.1) is 6.92 Å². The zero-order valence-electron chi connectivity index (χ0n) is 11.6. The molecule has 1 aromatic carbocycles. The van der Waals surface area contributed by atoms with E-state index in [4.69, 9.17) is 16.3 Å². The van der Waals surface area contributed by atoms with Crippen molar-refractivity contribution in [3.8, 4) is 0 Å². The fourth-order valence-electron chi connectivity index (χ4n) is 1.86. The summed E-state index contributed by atoms with van der Waals surface area (Å²) >= 11 is 6.38. The summed E-state index contributed by atoms with van der Waals surface area (Å²) in [6.07, 6.45) is 2.15. The van der Waals surface area contributed by atoms with Crippen LogP contribution in [0.2, 0.25) is 5.02 Å². The third-order valence-corrected chi connectivity index (χ3v) is 3.39. The maximum Gasteiger partial charge on any atom is 0.0662 e. The van der Waals surface area contributed by atoms with E-state index in [0.717, 1.165) is 42.1 Å². The molecule has 0 amide bonds. The highest BCUT2D eigenvalue weighted by molar-refractivity contribution is 6.32. The minimum Gasteiger partial charge on any atom is -0.379 e. The molecule has 18 heavy (non-hydrogen) atoms. The molecule has 0 spiro atoms. The average molecular weight is 270 g/mol. The quantitative estimate of drug-likeness (QED) is 0.717. The molecule has 102 valence electrons. The number of halogens is 1. The highest BCUT2D eigenvalue weighted by Crippen LogP contribution is 2.26. The van der Waals surface area contributed by atoms with Gasteiger partial charge in [0.1, 0.15) is 0 Å². The Hall–Kier alpha value is -0.570. The Balaban J connectivity index is 2.76. The second-order valence-electron chi connectivity index (χ2n) is 4.56. The summed E-state index contributed by atoms with van der Waals surface area (Å²) in [6, 6.07) is 6.36. The molecular weight excluding hydrogens is 246 g/mol. The van der Waals surface area contributed by atoms with Gasteiger partial charge in [0.2, 0.25) is 0 Å². The molecule has 3 heteroatoms. The van der Waals surface area contributed by atoms with Gasteiger partial charge in [0.25, 0.3) is 0 Å². The molecule has 0 aliphatic carbocycles. The molecular formula is C15H24ClNO. The smallest absolute Gasteiger partial charge is 0.0662 e. The van der Waals surface area contributed by atoms with E-state index < -0.39 is 0 Å². The number of hydrogen-bond acceptors (Lipinski definition) is 2. The summed E-state index contributed by atoms with van der Waals surface area (Å²) in [4.78, 5) is 0. The summed E-state index contributed by atoms with van der Waals surface area (Å²) in [6.45, 7) is 8.77. The monoisotopic (exact) mass is 269 g/mol. The molecule has 1 N–H and O–H groups in total. The number of hydrogen-bond donors (Lipinski definition) is 1. The van der Waals surface area contributed by atoms with Crippen molar-refractivity contribution in [3.63, 3.8) is 0 Å². The van der Waals surface area contributed by atoms with Crippen LogP contribution in [0.1, 0.15) is 43.9 Å². The Morgan fingerprint density at radius 2 is 2.06 bits per heavy atom. The normalized spacial score (nSPS) is 12.7. The minimum absolute atomic E-state index is 0.184. The second kappa shape index (κ2) is 8.52. The van der Waals surface area contributed by atoms with Crippen molar-refractivity contribution >= 4 is 11.6 Å². The Morgan fingerprint density at radius 3 is 2.72 bits per heavy atom. The van der Waals surface area contributed by atoms with Crippen LogP contribution in [0.15, 0.2) is 18.2 Å². The van der Waals surface area contributed by atoms with Crippen LogP contribution in [0.3, 0.4) is 0 Å². The van der Waals surface area contributed by atoms with Gasteiger partial charge in [-0.2, -0.15) is 0 Å². The minimum atomic E-state index is 0.184. The Morgan fingerprint density at radius 1 is 1.28 bits per heavy atom. The molecule has 0 aliphatic heterocycles. The molecule has 1 aromatic rings. The van der Waals surface area contributed by atoms with Crippen LogP contribution in [-0.2, 0) is 4.74 Å². The van der Waals surface area contributed by atoms with Crippen LogP contribution in [0.5, 0.6) is 0 Å². The molecule has 1 unspecified atom stereocenters. The lowest BCUT2D eigenvalue weighted by Crippen LogP contribution is -2.27. The van der Waals surface area contributed by atoms with E-state index in [-0.39, 0.29) is 6.04 Å². The summed E-state index contributed by atoms with van der Waals surface area (Å²) in [5.41, 5.74) is 2.26. The second-order valence-corrected chi connectivity index (χ2v) is 4.94. The van der Waals surface area contributed by atoms with Gasteiger partial charge in [-0.05, 0) is 37.4 Å². The van der Waals surface area contributed by atoms with E-state index in [0.29, 0.717) is 6.61 Å². The molecule has 0 saturated heterocycles. The van der Waals surface area contributed by atoms with Crippen LogP contribution >= 0.6 is 11.6 Å². The lowest BCUT2D eigenvalue weighted by atomic mass is 10.0. The van der Waals surface area contributed by atoms with Gasteiger partial charge in [-0.1, -0.05) is 43.6 Å². The summed E-state index contributed by atoms with van der Waals surface area (Å²) in [5.74, 6) is 0. The van der Waals surface area contributed by atoms with Gasteiger partial charge in [0, 0.05) is 11.6 Å². The largest absolute Gasteiger partial charge is 0.379 e. The number of rotatable bonds is 8. The molecule has 1 atom stereocenters. The Kier molecular flexibility index (Phi) is 7.33. The number of nitrogens with one attached hydrogen (secondary N) is 1. The van der Waals surface area contributed by atoms with Gasteiger partial charge in [-0.3, -0.25) is 0 Å². The molecule has 0 saturated carbocycles. The van der Waals surface area contributed by atoms with E-state index in [1.165, 1.54) is 0 Å². The first-order chi connectivity index (χ1) is 8.70. The van der Waals surface area contributed by atoms with Crippen molar-refractivity contribution in [1.29, 1.82) is 0 Å². The summed E-state index contributed by atoms with van der Waals surface area (Å²) in [5, 5.41) is 4.36. The summed E-state index contributed by atoms with van der Waals surface area (Å²) < 4.78 is 5.67. The van der Waals surface area contributed by atoms with Gasteiger partial charge in [0.05, 0.1) is 12.6 Å². The van der Waals surface area contributed by atoms with E-state index in [1.54, 1.807) is 0 Å². The predicted octanol–water partition coefficient (Wildman–Crippen LogP) is 4.12. The maximum absolute atomic E-state index is 6.38. The van der Waals surface area contributed by atoms with Gasteiger partial charge < -0.3 is 10.1 Å². The molecule has 0 aromatic heterocycles. The van der Waals surface area contributed by atoms with E-state index in [9.17, 15) is 0 Å². The first-order valence-corrected chi connectivity index (χ1v) is 7.14. The van der Waals surface area contributed by atoms with Crippen molar-refractivity contribution < 1.29 is 4.74 Å². The zero-order chi connectivity index (χ0) is 13.4. The lowest BCUT2D eigenvalue weighted by Gasteiger charge is -2.21. The fourth-order valence-corrected chi connectivity index (χ4v) is 2.12. The highest BCUT2D eigenvalue weighted by Gasteiger charge is 2.15. The first kappa shape index (κ1) is 15.5. The van der Waals surface area contributed by atoms with Gasteiger partial charge in [-0.15, -0.1) is 0 Å². The van der Waals surface area contributed by atoms with E-state index in [2.05, 4.69) is 31.3 Å². The van der Waals surface area contributed by atoms with Crippen LogP contribution in [0.25, 0.3) is 0 Å². The molecule has 0 heterocycles. The predicted molar refractivity (Wildman–Crippen MR) is 78.3 cm³/mol. The van der Waals surface area contributed by atoms with E-state index >= 15 is 0 Å². The van der Waals surface area contributed by atoms with Crippen molar-refractivity contribution in [2.24, 2.45) is 0 Å². The van der Waals surface area contributed by atoms with Crippen molar-refractivity contribution in [3.05, 3.63) is 34.3 Å². The number of ether oxygens (including phenoxy) is 1. The average Bonchev–Trinajstić information content (AvgIpc) is 2.37. The molecule has 2 nitrogen and oxygen atoms in total. The molecule has 0 bridgehead atoms. The van der Waals surface area contributed by atoms with Crippen molar-refractivity contribution in [2.75, 3.05) is 19.8 Å². The third kappa shape index (κ3) is 4.60. The van der Waals surface area contributed by atoms with Gasteiger partial charge in [-0.25, -0.2) is 0 Å². The van der Waals surface area contributed by atoms with E-state index in [1.807, 2.05) is 13.0 Å². The topological polar surface area (TPSA) is 21.3 Å². The third-order valence-electron chi connectivity index (χ3n) is 2.87. The first-order valence-electron chi connectivity index (χ1n) is 6.76. The highest BCUT2D eigenvalue weighted by atomic mass is 35.5. The fraction of sp³-hybridized carbons (Fsp3) is 0.600. The maximum atomic E-state index is 6.38. The van der Waals surface area contributed by atoms with Crippen molar-refractivity contribution in [1.82, 2.24) is 5.32 Å². The van der Waals surface area contributed by atoms with Crippen LogP contribution < -0.4 is 5.32 Å². The molecule has 0 radical (unpaired) electrons. The summed E-state index contributed by atoms with van der Waals surface area (Å²) in [7, 11) is 0. The number of benzene rings is 1. The van der Waals surface area contributed by atoms with Gasteiger partial charge in [0.15, 0.2) is 0 Å². The number of aryl methyl sites for hydroxylation is 1. The zero-order valence-corrected chi connectivity index (χ0v) is 12.4. The van der Waals surface area contributed by atoms with Crippen LogP contribution in [0.4, 0.5) is 0 Å². The Labute approximate surface area is 116 Å². The Bertz CT molecular complexity index is 354. The molecule has 0 aliphatic rings. The lowest BCUT2D eigenvalue weighted by molar-refractivity contribution is 0.112. The molecule has 1 rings (SSSR count). The standard InChI is InChI=1S/C15H24ClNO/c1-4-9-17-14(11-18-10-5-2)13-8-6-7-12(3)15(13)16/h6-8,14,17H,4-5,9-11H2,1-3H3. The molecule has 0 fully saturated rings. The van der Waals surface area contributed by atoms with Crippen LogP contribution in [-0.4, -0.2) is 19.8 Å². The SMILES string of the molecule is CCCNC(COCCC)c1cccc(C)c1Cl. The van der Waals surface area contributed by atoms with Crippen molar-refractivity contribution in [2.45, 2.75) is 39.7 Å². The van der Waals surface area contributed by atoms with Gasteiger partial charge >= 0.3 is 0 Å².